The molecule has 0 aliphatic rings. The highest BCUT2D eigenvalue weighted by Crippen LogP contribution is 1.86. The van der Waals surface area contributed by atoms with Crippen molar-refractivity contribution in [3.05, 3.63) is 0 Å². The molecule has 8 nitrogen and oxygen atoms in total. The predicted octanol–water partition coefficient (Wildman–Crippen LogP) is 1.78. The van der Waals surface area contributed by atoms with Gasteiger partial charge in [-0.3, -0.25) is 0 Å². The molecular formula is C19H44N6O2. The average molecular weight is 389 g/mol. The van der Waals surface area contributed by atoms with Gasteiger partial charge in [-0.15, -0.1) is 0 Å². The van der Waals surface area contributed by atoms with Crippen LogP contribution < -0.4 is 31.9 Å². The van der Waals surface area contributed by atoms with Crippen molar-refractivity contribution in [2.24, 2.45) is 0 Å². The van der Waals surface area contributed by atoms with Gasteiger partial charge in [0.15, 0.2) is 0 Å². The maximum absolute atomic E-state index is 11.3. The van der Waals surface area contributed by atoms with Crippen molar-refractivity contribution in [3.63, 3.8) is 0 Å². The van der Waals surface area contributed by atoms with Crippen molar-refractivity contribution in [1.29, 1.82) is 0 Å². The van der Waals surface area contributed by atoms with Crippen LogP contribution in [0.2, 0.25) is 0 Å². The molecule has 6 N–H and O–H groups in total. The van der Waals surface area contributed by atoms with E-state index < -0.39 is 0 Å². The Kier molecular flexibility index (Phi) is 23.1. The number of rotatable bonds is 17. The van der Waals surface area contributed by atoms with E-state index in [4.69, 9.17) is 0 Å². The molecule has 0 unspecified atom stereocenters. The van der Waals surface area contributed by atoms with Crippen LogP contribution in [0.4, 0.5) is 9.59 Å². The summed E-state index contributed by atoms with van der Waals surface area (Å²) in [6, 6.07) is -0.149. The van der Waals surface area contributed by atoms with Gasteiger partial charge in [-0.25, -0.2) is 9.59 Å². The Morgan fingerprint density at radius 2 is 0.852 bits per heavy atom. The first kappa shape index (κ1) is 27.7. The van der Waals surface area contributed by atoms with Crippen molar-refractivity contribution >= 4 is 12.1 Å². The Hall–Kier alpha value is -1.54. The summed E-state index contributed by atoms with van der Waals surface area (Å²) in [5, 5.41) is 18.0. The Labute approximate surface area is 166 Å². The fourth-order valence-electron chi connectivity index (χ4n) is 2.18. The van der Waals surface area contributed by atoms with E-state index in [0.717, 1.165) is 77.8 Å². The van der Waals surface area contributed by atoms with Gasteiger partial charge in [0.2, 0.25) is 0 Å². The van der Waals surface area contributed by atoms with Crippen LogP contribution in [-0.2, 0) is 0 Å². The number of amides is 4. The van der Waals surface area contributed by atoms with E-state index in [9.17, 15) is 9.59 Å². The molecule has 8 heteroatoms. The molecule has 0 saturated carbocycles. The van der Waals surface area contributed by atoms with E-state index in [1.165, 1.54) is 0 Å². The second kappa shape index (κ2) is 22.5. The zero-order valence-corrected chi connectivity index (χ0v) is 16.7. The van der Waals surface area contributed by atoms with E-state index in [0.29, 0.717) is 13.1 Å². The molecule has 0 spiro atoms. The molecule has 0 aromatic heterocycles. The first-order chi connectivity index (χ1) is 12.7. The van der Waals surface area contributed by atoms with Crippen LogP contribution in [-0.4, -0.2) is 64.4 Å². The molecule has 0 aromatic rings. The summed E-state index contributed by atoms with van der Waals surface area (Å²) >= 11 is 0. The smallest absolute Gasteiger partial charge is 0.314 e. The van der Waals surface area contributed by atoms with Gasteiger partial charge < -0.3 is 31.9 Å². The van der Waals surface area contributed by atoms with Gasteiger partial charge in [0, 0.05) is 26.2 Å². The lowest BCUT2D eigenvalue weighted by Gasteiger charge is -2.08. The lowest BCUT2D eigenvalue weighted by atomic mass is 10.3. The monoisotopic (exact) mass is 388 g/mol. The third-order valence-corrected chi connectivity index (χ3v) is 3.66. The number of hydrogen-bond donors (Lipinski definition) is 6. The maximum atomic E-state index is 11.3. The zero-order chi connectivity index (χ0) is 19.3. The molecule has 0 heterocycles. The van der Waals surface area contributed by atoms with Crippen molar-refractivity contribution in [1.82, 2.24) is 31.9 Å². The fraction of sp³-hybridized carbons (Fsp3) is 0.895. The van der Waals surface area contributed by atoms with E-state index in [1.54, 1.807) is 0 Å². The van der Waals surface area contributed by atoms with Crippen molar-refractivity contribution < 1.29 is 9.59 Å². The lowest BCUT2D eigenvalue weighted by Crippen LogP contribution is -2.37. The summed E-state index contributed by atoms with van der Waals surface area (Å²) in [6.45, 7) is 10.8. The topological polar surface area (TPSA) is 106 Å². The molecule has 0 rings (SSSR count). The third-order valence-electron chi connectivity index (χ3n) is 3.66. The third kappa shape index (κ3) is 22.4. The lowest BCUT2D eigenvalue weighted by molar-refractivity contribution is 0.240. The van der Waals surface area contributed by atoms with Gasteiger partial charge in [-0.1, -0.05) is 21.3 Å². The van der Waals surface area contributed by atoms with Gasteiger partial charge in [-0.2, -0.15) is 0 Å². The van der Waals surface area contributed by atoms with Crippen LogP contribution in [0.1, 0.15) is 59.8 Å². The van der Waals surface area contributed by atoms with E-state index >= 15 is 0 Å². The Balaban J connectivity index is 0. The van der Waals surface area contributed by atoms with Crippen molar-refractivity contribution in [2.45, 2.75) is 59.8 Å². The standard InChI is InChI=1S/C18H40N6O2.CH4/c1-3-9-21-17(25)23-15-7-13-19-11-5-6-12-20-14-8-16-24-18(26)22-10-4-2;/h19-20H,3-16H2,1-2H3,(H2,21,23,25)(H2,22,24,26);1H4. The quantitative estimate of drug-likeness (QED) is 0.214. The number of carbonyl (C=O) groups is 2. The summed E-state index contributed by atoms with van der Waals surface area (Å²) in [5.74, 6) is 0. The van der Waals surface area contributed by atoms with Gasteiger partial charge in [0.1, 0.15) is 0 Å². The minimum atomic E-state index is -0.0743. The molecule has 4 amide bonds. The predicted molar refractivity (Wildman–Crippen MR) is 114 cm³/mol. The first-order valence-electron chi connectivity index (χ1n) is 10.2. The molecule has 0 aromatic carbocycles. The molecule has 0 radical (unpaired) electrons. The highest BCUT2D eigenvalue weighted by molar-refractivity contribution is 5.74. The second-order valence-electron chi connectivity index (χ2n) is 6.28. The Bertz CT molecular complexity index is 310. The Morgan fingerprint density at radius 1 is 0.519 bits per heavy atom. The van der Waals surface area contributed by atoms with E-state index in [-0.39, 0.29) is 19.5 Å². The molecule has 0 aliphatic heterocycles. The number of carbonyl (C=O) groups excluding carboxylic acids is 2. The molecule has 27 heavy (non-hydrogen) atoms. The van der Waals surface area contributed by atoms with Gasteiger partial charge >= 0.3 is 12.1 Å². The highest BCUT2D eigenvalue weighted by Gasteiger charge is 1.98. The summed E-state index contributed by atoms with van der Waals surface area (Å²) in [5.41, 5.74) is 0. The largest absolute Gasteiger partial charge is 0.338 e. The minimum absolute atomic E-state index is 0. The van der Waals surface area contributed by atoms with Crippen molar-refractivity contribution in [3.8, 4) is 0 Å². The molecule has 0 aliphatic carbocycles. The Morgan fingerprint density at radius 3 is 1.22 bits per heavy atom. The van der Waals surface area contributed by atoms with Gasteiger partial charge in [0.25, 0.3) is 0 Å². The number of hydrogen-bond acceptors (Lipinski definition) is 4. The van der Waals surface area contributed by atoms with E-state index in [2.05, 4.69) is 31.9 Å². The number of nitrogens with one attached hydrogen (secondary N) is 6. The first-order valence-corrected chi connectivity index (χ1v) is 10.2. The SMILES string of the molecule is C.CCCNC(=O)NCCCNCCCCNCCCNC(=O)NCCC. The summed E-state index contributed by atoms with van der Waals surface area (Å²) < 4.78 is 0. The summed E-state index contributed by atoms with van der Waals surface area (Å²) in [6.07, 6.45) is 6.06. The van der Waals surface area contributed by atoms with Crippen LogP contribution >= 0.6 is 0 Å². The van der Waals surface area contributed by atoms with Crippen molar-refractivity contribution in [2.75, 3.05) is 52.4 Å². The van der Waals surface area contributed by atoms with Gasteiger partial charge in [0.05, 0.1) is 0 Å². The second-order valence-corrected chi connectivity index (χ2v) is 6.28. The minimum Gasteiger partial charge on any atom is -0.338 e. The van der Waals surface area contributed by atoms with Crippen LogP contribution in [0.3, 0.4) is 0 Å². The summed E-state index contributed by atoms with van der Waals surface area (Å²) in [7, 11) is 0. The molecule has 0 saturated heterocycles. The number of unbranched alkanes of at least 4 members (excludes halogenated alkanes) is 1. The molecule has 0 bridgehead atoms. The fourth-order valence-corrected chi connectivity index (χ4v) is 2.18. The van der Waals surface area contributed by atoms with Crippen LogP contribution in [0, 0.1) is 0 Å². The maximum Gasteiger partial charge on any atom is 0.314 e. The molecule has 162 valence electrons. The van der Waals surface area contributed by atoms with E-state index in [1.807, 2.05) is 13.8 Å². The molecule has 0 fully saturated rings. The molecule has 0 atom stereocenters. The average Bonchev–Trinajstić information content (AvgIpc) is 2.64. The zero-order valence-electron chi connectivity index (χ0n) is 16.7. The van der Waals surface area contributed by atoms with Crippen LogP contribution in [0.15, 0.2) is 0 Å². The van der Waals surface area contributed by atoms with Crippen LogP contribution in [0.25, 0.3) is 0 Å². The molecular weight excluding hydrogens is 344 g/mol. The normalized spacial score (nSPS) is 10.0. The highest BCUT2D eigenvalue weighted by atomic mass is 16.2. The van der Waals surface area contributed by atoms with Gasteiger partial charge in [-0.05, 0) is 64.7 Å². The summed E-state index contributed by atoms with van der Waals surface area (Å²) in [4.78, 5) is 22.6. The number of urea groups is 2. The van der Waals surface area contributed by atoms with Crippen LogP contribution in [0.5, 0.6) is 0 Å².